The van der Waals surface area contributed by atoms with Gasteiger partial charge in [0.2, 0.25) is 0 Å². The zero-order valence-electron chi connectivity index (χ0n) is 11.6. The average Bonchev–Trinajstić information content (AvgIpc) is 2.37. The van der Waals surface area contributed by atoms with Crippen molar-refractivity contribution in [3.8, 4) is 0 Å². The maximum absolute atomic E-state index is 12.3. The number of ketones is 1. The Morgan fingerprint density at radius 3 is 2.50 bits per heavy atom. The van der Waals surface area contributed by atoms with Crippen molar-refractivity contribution in [2.45, 2.75) is 31.2 Å². The number of benzene rings is 1. The van der Waals surface area contributed by atoms with Gasteiger partial charge in [0.05, 0.1) is 5.25 Å². The Morgan fingerprint density at radius 1 is 1.25 bits per heavy atom. The highest BCUT2D eigenvalue weighted by Gasteiger charge is 2.17. The van der Waals surface area contributed by atoms with Crippen LogP contribution in [0.15, 0.2) is 40.3 Å². The minimum atomic E-state index is -0.303. The van der Waals surface area contributed by atoms with Gasteiger partial charge in [0.25, 0.3) is 5.56 Å². The molecule has 1 unspecified atom stereocenters. The van der Waals surface area contributed by atoms with E-state index < -0.39 is 0 Å². The number of carbonyl (C=O) groups is 1. The number of aryl methyl sites for hydroxylation is 2. The molecule has 0 saturated heterocycles. The maximum Gasteiger partial charge on any atom is 0.251 e. The fourth-order valence-corrected chi connectivity index (χ4v) is 2.72. The molecule has 20 heavy (non-hydrogen) atoms. The molecule has 104 valence electrons. The molecule has 0 spiro atoms. The quantitative estimate of drug-likeness (QED) is 0.534. The van der Waals surface area contributed by atoms with Crippen LogP contribution in [0.4, 0.5) is 0 Å². The van der Waals surface area contributed by atoms with Crippen LogP contribution in [0.3, 0.4) is 0 Å². The zero-order valence-corrected chi connectivity index (χ0v) is 12.5. The van der Waals surface area contributed by atoms with E-state index >= 15 is 0 Å². The molecule has 1 N–H and O–H groups in total. The predicted octanol–water partition coefficient (Wildman–Crippen LogP) is 2.75. The lowest BCUT2D eigenvalue weighted by atomic mass is 10.1. The Bertz CT molecular complexity index is 677. The lowest BCUT2D eigenvalue weighted by Gasteiger charge is -2.10. The van der Waals surface area contributed by atoms with Crippen LogP contribution in [0.25, 0.3) is 0 Å². The summed E-state index contributed by atoms with van der Waals surface area (Å²) < 4.78 is 0. The van der Waals surface area contributed by atoms with Crippen LogP contribution in [-0.2, 0) is 0 Å². The van der Waals surface area contributed by atoms with Gasteiger partial charge in [-0.3, -0.25) is 9.59 Å². The number of thioether (sulfide) groups is 1. The van der Waals surface area contributed by atoms with E-state index in [1.807, 2.05) is 38.1 Å². The number of Topliss-reactive ketones (excluding diaryl/α,β-unsaturated/α-hetero) is 1. The summed E-state index contributed by atoms with van der Waals surface area (Å²) >= 11 is 1.26. The maximum atomic E-state index is 12.3. The minimum Gasteiger partial charge on any atom is -0.301 e. The molecule has 5 heteroatoms. The average molecular weight is 288 g/mol. The van der Waals surface area contributed by atoms with Crippen molar-refractivity contribution >= 4 is 17.5 Å². The second-order valence-electron chi connectivity index (χ2n) is 4.68. The molecule has 0 aliphatic carbocycles. The van der Waals surface area contributed by atoms with Crippen LogP contribution < -0.4 is 5.56 Å². The number of hydrogen-bond donors (Lipinski definition) is 1. The highest BCUT2D eigenvalue weighted by Crippen LogP contribution is 2.22. The highest BCUT2D eigenvalue weighted by molar-refractivity contribution is 8.00. The number of aromatic amines is 1. The van der Waals surface area contributed by atoms with Gasteiger partial charge in [-0.1, -0.05) is 41.6 Å². The van der Waals surface area contributed by atoms with Crippen LogP contribution in [-0.4, -0.2) is 21.0 Å². The first-order valence-corrected chi connectivity index (χ1v) is 7.19. The minimum absolute atomic E-state index is 0.0270. The molecule has 1 aromatic heterocycles. The molecule has 0 aliphatic rings. The third kappa shape index (κ3) is 3.57. The number of nitrogens with one attached hydrogen (secondary N) is 1. The molecule has 0 bridgehead atoms. The van der Waals surface area contributed by atoms with Gasteiger partial charge in [-0.05, 0) is 20.8 Å². The summed E-state index contributed by atoms with van der Waals surface area (Å²) in [5.41, 5.74) is 2.23. The molecule has 1 aromatic carbocycles. The molecule has 1 atom stereocenters. The summed E-state index contributed by atoms with van der Waals surface area (Å²) in [6, 6.07) is 8.90. The van der Waals surface area contributed by atoms with Gasteiger partial charge in [0.15, 0.2) is 10.9 Å². The van der Waals surface area contributed by atoms with E-state index in [1.165, 1.54) is 17.8 Å². The number of carbonyl (C=O) groups excluding carboxylic acids is 1. The largest absolute Gasteiger partial charge is 0.301 e. The van der Waals surface area contributed by atoms with Gasteiger partial charge in [0, 0.05) is 17.3 Å². The van der Waals surface area contributed by atoms with Crippen molar-refractivity contribution < 1.29 is 4.79 Å². The van der Waals surface area contributed by atoms with E-state index in [0.717, 1.165) is 5.56 Å². The number of hydrogen-bond acceptors (Lipinski definition) is 4. The topological polar surface area (TPSA) is 62.8 Å². The smallest absolute Gasteiger partial charge is 0.251 e. The van der Waals surface area contributed by atoms with Crippen LogP contribution in [0.1, 0.15) is 28.5 Å². The molecular formula is C15H16N2O2S. The van der Waals surface area contributed by atoms with E-state index in [9.17, 15) is 9.59 Å². The standard InChI is InChI=1S/C15H16N2O2S/c1-9-4-6-12(7-5-9)14(19)11(3)20-15-16-10(2)8-13(18)17-15/h4-8,11H,1-3H3,(H,16,17,18). The second kappa shape index (κ2) is 6.05. The van der Waals surface area contributed by atoms with Gasteiger partial charge >= 0.3 is 0 Å². The van der Waals surface area contributed by atoms with E-state index in [2.05, 4.69) is 9.97 Å². The first-order chi connectivity index (χ1) is 9.45. The third-order valence-corrected chi connectivity index (χ3v) is 3.83. The van der Waals surface area contributed by atoms with Crippen LogP contribution in [0, 0.1) is 13.8 Å². The first kappa shape index (κ1) is 14.5. The number of H-pyrrole nitrogens is 1. The first-order valence-electron chi connectivity index (χ1n) is 6.31. The summed E-state index contributed by atoms with van der Waals surface area (Å²) in [6.07, 6.45) is 0. The summed E-state index contributed by atoms with van der Waals surface area (Å²) in [7, 11) is 0. The van der Waals surface area contributed by atoms with Gasteiger partial charge in [-0.15, -0.1) is 0 Å². The van der Waals surface area contributed by atoms with Crippen LogP contribution >= 0.6 is 11.8 Å². The van der Waals surface area contributed by atoms with Crippen molar-refractivity contribution in [2.75, 3.05) is 0 Å². The fraction of sp³-hybridized carbons (Fsp3) is 0.267. The van der Waals surface area contributed by atoms with Crippen LogP contribution in [0.5, 0.6) is 0 Å². The molecule has 0 amide bonds. The summed E-state index contributed by atoms with van der Waals surface area (Å²) in [6.45, 7) is 5.55. The fourth-order valence-electron chi connectivity index (χ4n) is 1.78. The lowest BCUT2D eigenvalue weighted by Crippen LogP contribution is -2.16. The Hall–Kier alpha value is -1.88. The SMILES string of the molecule is Cc1ccc(C(=O)C(C)Sc2nc(C)cc(=O)[nH]2)cc1. The van der Waals surface area contributed by atoms with E-state index in [-0.39, 0.29) is 16.6 Å². The molecular weight excluding hydrogens is 272 g/mol. The van der Waals surface area contributed by atoms with Gasteiger partial charge in [-0.25, -0.2) is 4.98 Å². The van der Waals surface area contributed by atoms with E-state index in [1.54, 1.807) is 6.92 Å². The summed E-state index contributed by atoms with van der Waals surface area (Å²) in [4.78, 5) is 30.5. The normalized spacial score (nSPS) is 12.2. The van der Waals surface area contributed by atoms with Gasteiger partial charge < -0.3 is 4.98 Å². The third-order valence-electron chi connectivity index (χ3n) is 2.84. The zero-order chi connectivity index (χ0) is 14.7. The van der Waals surface area contributed by atoms with Crippen LogP contribution in [0.2, 0.25) is 0 Å². The summed E-state index contributed by atoms with van der Waals surface area (Å²) in [5.74, 6) is 0.0270. The molecule has 2 aromatic rings. The molecule has 0 aliphatic heterocycles. The monoisotopic (exact) mass is 288 g/mol. The van der Waals surface area contributed by atoms with Gasteiger partial charge in [-0.2, -0.15) is 0 Å². The van der Waals surface area contributed by atoms with Gasteiger partial charge in [0.1, 0.15) is 0 Å². The van der Waals surface area contributed by atoms with Crippen molar-refractivity contribution in [1.82, 2.24) is 9.97 Å². The number of aromatic nitrogens is 2. The lowest BCUT2D eigenvalue weighted by molar-refractivity contribution is 0.0994. The molecule has 0 radical (unpaired) electrons. The molecule has 1 heterocycles. The van der Waals surface area contributed by atoms with Crippen molar-refractivity contribution in [1.29, 1.82) is 0 Å². The Balaban J connectivity index is 2.15. The summed E-state index contributed by atoms with van der Waals surface area (Å²) in [5, 5.41) is 0.172. The Kier molecular flexibility index (Phi) is 4.39. The molecule has 4 nitrogen and oxygen atoms in total. The predicted molar refractivity (Wildman–Crippen MR) is 80.4 cm³/mol. The van der Waals surface area contributed by atoms with E-state index in [4.69, 9.17) is 0 Å². The number of nitrogens with zero attached hydrogens (tertiary/aromatic N) is 1. The molecule has 2 rings (SSSR count). The Morgan fingerprint density at radius 2 is 1.90 bits per heavy atom. The number of rotatable bonds is 4. The second-order valence-corrected chi connectivity index (χ2v) is 6.01. The Labute approximate surface area is 121 Å². The van der Waals surface area contributed by atoms with Crippen molar-refractivity contribution in [2.24, 2.45) is 0 Å². The van der Waals surface area contributed by atoms with Crippen molar-refractivity contribution in [3.63, 3.8) is 0 Å². The highest BCUT2D eigenvalue weighted by atomic mass is 32.2. The molecule has 0 fully saturated rings. The van der Waals surface area contributed by atoms with E-state index in [0.29, 0.717) is 16.4 Å². The van der Waals surface area contributed by atoms with Crippen molar-refractivity contribution in [3.05, 3.63) is 57.5 Å². The molecule has 0 saturated carbocycles.